The van der Waals surface area contributed by atoms with Crippen molar-refractivity contribution >= 4 is 50.5 Å². The van der Waals surface area contributed by atoms with Crippen molar-refractivity contribution in [3.05, 3.63) is 57.4 Å². The van der Waals surface area contributed by atoms with E-state index in [2.05, 4.69) is 20.9 Å². The second-order valence-electron chi connectivity index (χ2n) is 5.27. The summed E-state index contributed by atoms with van der Waals surface area (Å²) in [4.78, 5) is 19.0. The van der Waals surface area contributed by atoms with Gasteiger partial charge in [0.1, 0.15) is 11.5 Å². The lowest BCUT2D eigenvalue weighted by molar-refractivity contribution is -0.121. The largest absolute Gasteiger partial charge is 0.507 e. The van der Waals surface area contributed by atoms with Crippen LogP contribution in [-0.2, 0) is 4.79 Å². The molecule has 0 radical (unpaired) electrons. The van der Waals surface area contributed by atoms with E-state index in [1.165, 1.54) is 16.7 Å². The van der Waals surface area contributed by atoms with Gasteiger partial charge in [0.2, 0.25) is 0 Å². The van der Waals surface area contributed by atoms with Crippen LogP contribution in [0.3, 0.4) is 0 Å². The van der Waals surface area contributed by atoms with Crippen LogP contribution in [0, 0.1) is 0 Å². The maximum atomic E-state index is 12.4. The van der Waals surface area contributed by atoms with Crippen molar-refractivity contribution in [2.24, 2.45) is 4.99 Å². The number of methoxy groups -OCH3 is 1. The number of amides is 1. The number of nitrogens with zero attached hydrogens (tertiary/aromatic N) is 2. The molecular formula is C18H15BrN2O3S. The van der Waals surface area contributed by atoms with Crippen LogP contribution in [0.2, 0.25) is 0 Å². The summed E-state index contributed by atoms with van der Waals surface area (Å²) in [7, 11) is 3.29. The number of hydrogen-bond acceptors (Lipinski definition) is 5. The zero-order chi connectivity index (χ0) is 18.0. The maximum absolute atomic E-state index is 12.4. The molecule has 7 heteroatoms. The maximum Gasteiger partial charge on any atom is 0.266 e. The molecule has 0 aliphatic carbocycles. The molecule has 0 aromatic heterocycles. The monoisotopic (exact) mass is 418 g/mol. The lowest BCUT2D eigenvalue weighted by Gasteiger charge is -2.07. The Labute approximate surface area is 158 Å². The van der Waals surface area contributed by atoms with Gasteiger partial charge in [-0.1, -0.05) is 15.9 Å². The minimum atomic E-state index is -0.156. The first kappa shape index (κ1) is 17.6. The molecule has 1 N–H and O–H groups in total. The van der Waals surface area contributed by atoms with Crippen LogP contribution in [-0.4, -0.2) is 35.2 Å². The Hall–Kier alpha value is -2.25. The summed E-state index contributed by atoms with van der Waals surface area (Å²) in [6.45, 7) is 0. The first-order valence-corrected chi connectivity index (χ1v) is 8.98. The third kappa shape index (κ3) is 3.88. The molecule has 2 aromatic rings. The Morgan fingerprint density at radius 3 is 2.64 bits per heavy atom. The molecule has 3 rings (SSSR count). The molecule has 5 nitrogen and oxygen atoms in total. The topological polar surface area (TPSA) is 62.1 Å². The number of hydrogen-bond donors (Lipinski definition) is 1. The van der Waals surface area contributed by atoms with Crippen LogP contribution < -0.4 is 4.74 Å². The van der Waals surface area contributed by atoms with Gasteiger partial charge < -0.3 is 9.84 Å². The Morgan fingerprint density at radius 1 is 1.24 bits per heavy atom. The second-order valence-corrected chi connectivity index (χ2v) is 7.20. The van der Waals surface area contributed by atoms with E-state index in [0.717, 1.165) is 15.9 Å². The van der Waals surface area contributed by atoms with Crippen LogP contribution in [0.15, 0.2) is 56.8 Å². The number of amidine groups is 1. The van der Waals surface area contributed by atoms with Gasteiger partial charge in [0.15, 0.2) is 5.17 Å². The summed E-state index contributed by atoms with van der Waals surface area (Å²) in [6, 6.07) is 12.4. The van der Waals surface area contributed by atoms with Crippen molar-refractivity contribution in [1.82, 2.24) is 4.90 Å². The molecule has 2 aromatic carbocycles. The van der Waals surface area contributed by atoms with Crippen molar-refractivity contribution < 1.29 is 14.6 Å². The highest BCUT2D eigenvalue weighted by atomic mass is 79.9. The van der Waals surface area contributed by atoms with Gasteiger partial charge in [-0.15, -0.1) is 0 Å². The van der Waals surface area contributed by atoms with E-state index in [-0.39, 0.29) is 11.7 Å². The minimum Gasteiger partial charge on any atom is -0.507 e. The standard InChI is InChI=1S/C18H15BrN2O3S/c1-21-17(23)16(10-11-9-12(19)3-8-15(11)22)25-18(21)20-13-4-6-14(24-2)7-5-13/h3-10,22H,1-2H3/b16-10-,20-18?. The van der Waals surface area contributed by atoms with Gasteiger partial charge in [-0.2, -0.15) is 0 Å². The number of carbonyl (C=O) groups is 1. The average Bonchev–Trinajstić information content (AvgIpc) is 2.87. The molecule has 0 atom stereocenters. The molecule has 0 spiro atoms. The fourth-order valence-corrected chi connectivity index (χ4v) is 3.56. The highest BCUT2D eigenvalue weighted by Gasteiger charge is 2.30. The highest BCUT2D eigenvalue weighted by Crippen LogP contribution is 2.35. The Bertz CT molecular complexity index is 878. The number of phenolic OH excluding ortho intramolecular Hbond substituents is 1. The third-order valence-corrected chi connectivity index (χ3v) is 5.13. The van der Waals surface area contributed by atoms with Gasteiger partial charge >= 0.3 is 0 Å². The minimum absolute atomic E-state index is 0.118. The molecule has 1 fully saturated rings. The normalized spacial score (nSPS) is 17.6. The second kappa shape index (κ2) is 7.33. The molecule has 1 aliphatic heterocycles. The predicted molar refractivity (Wildman–Crippen MR) is 104 cm³/mol. The van der Waals surface area contributed by atoms with Crippen molar-refractivity contribution in [1.29, 1.82) is 0 Å². The van der Waals surface area contributed by atoms with E-state index in [9.17, 15) is 9.90 Å². The molecule has 1 aliphatic rings. The Kier molecular flexibility index (Phi) is 5.15. The van der Waals surface area contributed by atoms with E-state index >= 15 is 0 Å². The van der Waals surface area contributed by atoms with E-state index in [1.807, 2.05) is 24.3 Å². The lowest BCUT2D eigenvalue weighted by Crippen LogP contribution is -2.23. The van der Waals surface area contributed by atoms with Crippen LogP contribution >= 0.6 is 27.7 Å². The zero-order valence-corrected chi connectivity index (χ0v) is 16.0. The van der Waals surface area contributed by atoms with Crippen LogP contribution in [0.25, 0.3) is 6.08 Å². The number of phenols is 1. The van der Waals surface area contributed by atoms with Gasteiger partial charge in [0.25, 0.3) is 5.91 Å². The number of aromatic hydroxyl groups is 1. The number of likely N-dealkylation sites (N-methyl/N-ethyl adjacent to an activating group) is 1. The van der Waals surface area contributed by atoms with Gasteiger partial charge in [-0.3, -0.25) is 9.69 Å². The summed E-state index contributed by atoms with van der Waals surface area (Å²) in [5.74, 6) is 0.710. The van der Waals surface area contributed by atoms with Gasteiger partial charge in [0, 0.05) is 17.1 Å². The van der Waals surface area contributed by atoms with Gasteiger partial charge in [0.05, 0.1) is 17.7 Å². The Morgan fingerprint density at radius 2 is 1.96 bits per heavy atom. The van der Waals surface area contributed by atoms with Crippen molar-refractivity contribution in [3.8, 4) is 11.5 Å². The zero-order valence-electron chi connectivity index (χ0n) is 13.6. The van der Waals surface area contributed by atoms with E-state index in [0.29, 0.717) is 15.6 Å². The number of aliphatic imine (C=N–C) groups is 1. The molecule has 0 saturated carbocycles. The van der Waals surface area contributed by atoms with Gasteiger partial charge in [-0.25, -0.2) is 4.99 Å². The number of rotatable bonds is 3. The van der Waals surface area contributed by atoms with Crippen molar-refractivity contribution in [2.45, 2.75) is 0 Å². The fourth-order valence-electron chi connectivity index (χ4n) is 2.20. The molecule has 0 bridgehead atoms. The molecular weight excluding hydrogens is 404 g/mol. The fraction of sp³-hybridized carbons (Fsp3) is 0.111. The van der Waals surface area contributed by atoms with E-state index < -0.39 is 0 Å². The number of carbonyl (C=O) groups excluding carboxylic acids is 1. The molecule has 1 amide bonds. The van der Waals surface area contributed by atoms with Crippen molar-refractivity contribution in [3.63, 3.8) is 0 Å². The summed E-state index contributed by atoms with van der Waals surface area (Å²) in [6.07, 6.45) is 1.67. The number of ether oxygens (including phenoxy) is 1. The van der Waals surface area contributed by atoms with Gasteiger partial charge in [-0.05, 0) is 60.3 Å². The number of halogens is 1. The molecule has 1 heterocycles. The quantitative estimate of drug-likeness (QED) is 0.750. The summed E-state index contributed by atoms with van der Waals surface area (Å²) in [5, 5.41) is 10.5. The summed E-state index contributed by atoms with van der Waals surface area (Å²) < 4.78 is 5.95. The van der Waals surface area contributed by atoms with E-state index in [1.54, 1.807) is 38.4 Å². The first-order chi connectivity index (χ1) is 12.0. The number of benzene rings is 2. The molecule has 0 unspecified atom stereocenters. The van der Waals surface area contributed by atoms with Crippen LogP contribution in [0.5, 0.6) is 11.5 Å². The molecule has 128 valence electrons. The van der Waals surface area contributed by atoms with Crippen molar-refractivity contribution in [2.75, 3.05) is 14.2 Å². The predicted octanol–water partition coefficient (Wildman–Crippen LogP) is 4.40. The Balaban J connectivity index is 1.90. The lowest BCUT2D eigenvalue weighted by atomic mass is 10.2. The summed E-state index contributed by atoms with van der Waals surface area (Å²) in [5.41, 5.74) is 1.30. The molecule has 25 heavy (non-hydrogen) atoms. The van der Waals surface area contributed by atoms with Crippen LogP contribution in [0.4, 0.5) is 5.69 Å². The van der Waals surface area contributed by atoms with E-state index in [4.69, 9.17) is 4.74 Å². The van der Waals surface area contributed by atoms with Crippen LogP contribution in [0.1, 0.15) is 5.56 Å². The average molecular weight is 419 g/mol. The summed E-state index contributed by atoms with van der Waals surface area (Å²) >= 11 is 4.63. The number of thioether (sulfide) groups is 1. The smallest absolute Gasteiger partial charge is 0.266 e. The molecule has 1 saturated heterocycles. The highest BCUT2D eigenvalue weighted by molar-refractivity contribution is 9.10. The third-order valence-electron chi connectivity index (χ3n) is 3.58. The SMILES string of the molecule is COc1ccc(N=C2S/C(=C\c3cc(Br)ccc3O)C(=O)N2C)cc1. The first-order valence-electron chi connectivity index (χ1n) is 7.37.